The van der Waals surface area contributed by atoms with Crippen molar-refractivity contribution in [1.29, 1.82) is 0 Å². The maximum absolute atomic E-state index is 13.1. The molecule has 0 saturated heterocycles. The van der Waals surface area contributed by atoms with Crippen molar-refractivity contribution in [3.8, 4) is 5.75 Å². The fraction of sp³-hybridized carbons (Fsp3) is 0.300. The van der Waals surface area contributed by atoms with Crippen LogP contribution in [0.3, 0.4) is 0 Å². The molecule has 30 heavy (non-hydrogen) atoms. The Kier molecular flexibility index (Phi) is 6.35. The van der Waals surface area contributed by atoms with E-state index in [9.17, 15) is 18.0 Å². The van der Waals surface area contributed by atoms with Gasteiger partial charge in [0.15, 0.2) is 6.10 Å². The highest BCUT2D eigenvalue weighted by Gasteiger charge is 2.31. The first-order valence-corrected chi connectivity index (χ1v) is 11.1. The monoisotopic (exact) mass is 451 g/mol. The summed E-state index contributed by atoms with van der Waals surface area (Å²) >= 11 is 5.90. The number of rotatable bonds is 6. The topological polar surface area (TPSA) is 105 Å². The maximum atomic E-state index is 13.1. The average molecular weight is 452 g/mol. The molecule has 0 fully saturated rings. The highest BCUT2D eigenvalue weighted by Crippen LogP contribution is 2.35. The van der Waals surface area contributed by atoms with Crippen LogP contribution in [-0.4, -0.2) is 44.2 Å². The smallest absolute Gasteiger partial charge is 0.265 e. The van der Waals surface area contributed by atoms with Crippen molar-refractivity contribution in [2.45, 2.75) is 31.3 Å². The molecule has 2 N–H and O–H groups in total. The lowest BCUT2D eigenvalue weighted by Crippen LogP contribution is -2.37. The van der Waals surface area contributed by atoms with E-state index in [0.29, 0.717) is 28.4 Å². The van der Waals surface area contributed by atoms with Gasteiger partial charge in [-0.05, 0) is 43.2 Å². The molecule has 2 aromatic carbocycles. The van der Waals surface area contributed by atoms with Gasteiger partial charge in [-0.2, -0.15) is 4.31 Å². The van der Waals surface area contributed by atoms with E-state index in [-0.39, 0.29) is 23.1 Å². The molecule has 0 saturated carbocycles. The number of carbonyl (C=O) groups is 2. The molecule has 0 bridgehead atoms. The van der Waals surface area contributed by atoms with Gasteiger partial charge in [0.1, 0.15) is 5.75 Å². The lowest BCUT2D eigenvalue weighted by Gasteiger charge is -2.27. The predicted octanol–water partition coefficient (Wildman–Crippen LogP) is 3.02. The number of anilines is 2. The Hall–Kier alpha value is -2.62. The Morgan fingerprint density at radius 3 is 2.70 bits per heavy atom. The lowest BCUT2D eigenvalue weighted by molar-refractivity contribution is -0.123. The van der Waals surface area contributed by atoms with Crippen molar-refractivity contribution in [2.24, 2.45) is 0 Å². The van der Waals surface area contributed by atoms with Crippen LogP contribution in [-0.2, 0) is 19.6 Å². The van der Waals surface area contributed by atoms with Crippen LogP contribution in [0.5, 0.6) is 5.75 Å². The number of hydrogen-bond acceptors (Lipinski definition) is 5. The second-order valence-corrected chi connectivity index (χ2v) is 9.39. The second kappa shape index (κ2) is 8.63. The summed E-state index contributed by atoms with van der Waals surface area (Å²) in [5.41, 5.74) is 1.32. The van der Waals surface area contributed by atoms with Gasteiger partial charge < -0.3 is 15.4 Å². The van der Waals surface area contributed by atoms with Crippen LogP contribution >= 0.6 is 11.6 Å². The molecule has 0 aromatic heterocycles. The first kappa shape index (κ1) is 22.1. The van der Waals surface area contributed by atoms with Gasteiger partial charge in [-0.1, -0.05) is 24.6 Å². The Bertz CT molecular complexity index is 1100. The first-order chi connectivity index (χ1) is 14.1. The maximum Gasteiger partial charge on any atom is 0.265 e. The number of hydrogen-bond donors (Lipinski definition) is 2. The highest BCUT2D eigenvalue weighted by atomic mass is 35.5. The molecule has 1 aliphatic heterocycles. The zero-order chi connectivity index (χ0) is 22.1. The van der Waals surface area contributed by atoms with E-state index in [4.69, 9.17) is 16.3 Å². The number of nitrogens with one attached hydrogen (secondary N) is 2. The zero-order valence-corrected chi connectivity index (χ0v) is 18.3. The molecule has 3 rings (SSSR count). The number of halogens is 1. The Morgan fingerprint density at radius 2 is 2.03 bits per heavy atom. The summed E-state index contributed by atoms with van der Waals surface area (Å²) < 4.78 is 32.8. The molecule has 0 aliphatic carbocycles. The minimum atomic E-state index is -3.98. The van der Waals surface area contributed by atoms with Gasteiger partial charge in [-0.25, -0.2) is 8.42 Å². The molecule has 1 heterocycles. The molecule has 2 amide bonds. The van der Waals surface area contributed by atoms with E-state index in [1.807, 2.05) is 0 Å². The molecule has 2 aromatic rings. The summed E-state index contributed by atoms with van der Waals surface area (Å²) in [6.07, 6.45) is -0.234. The molecule has 0 spiro atoms. The molecular weight excluding hydrogens is 430 g/mol. The number of aryl methyl sites for hydroxylation is 1. The third kappa shape index (κ3) is 4.58. The van der Waals surface area contributed by atoms with Gasteiger partial charge >= 0.3 is 0 Å². The van der Waals surface area contributed by atoms with Crippen molar-refractivity contribution in [2.75, 3.05) is 24.2 Å². The van der Waals surface area contributed by atoms with E-state index >= 15 is 0 Å². The number of fused-ring (bicyclic) bond motifs is 1. The minimum absolute atomic E-state index is 0.00491. The van der Waals surface area contributed by atoms with Gasteiger partial charge in [0.2, 0.25) is 15.9 Å². The fourth-order valence-corrected chi connectivity index (χ4v) is 4.59. The minimum Gasteiger partial charge on any atom is -0.478 e. The summed E-state index contributed by atoms with van der Waals surface area (Å²) in [7, 11) is -2.66. The normalized spacial score (nSPS) is 15.9. The van der Waals surface area contributed by atoms with E-state index in [0.717, 1.165) is 4.31 Å². The summed E-state index contributed by atoms with van der Waals surface area (Å²) in [4.78, 5) is 24.3. The molecule has 1 atom stereocenters. The number of benzene rings is 2. The number of ether oxygens (including phenoxy) is 1. The number of likely N-dealkylation sites (N-methyl/N-ethyl adjacent to an activating group) is 1. The van der Waals surface area contributed by atoms with Gasteiger partial charge in [0, 0.05) is 23.8 Å². The van der Waals surface area contributed by atoms with Crippen LogP contribution in [0.1, 0.15) is 18.9 Å². The van der Waals surface area contributed by atoms with Crippen LogP contribution in [0.15, 0.2) is 41.3 Å². The lowest BCUT2D eigenvalue weighted by atomic mass is 10.1. The Balaban J connectivity index is 1.80. The SMILES string of the molecule is CC[C@H]1Oc2cc(S(=O)(=O)N(C)CC(=O)Nc3cccc(Cl)c3)c(C)cc2NC1=O. The van der Waals surface area contributed by atoms with Crippen LogP contribution in [0.4, 0.5) is 11.4 Å². The molecule has 0 radical (unpaired) electrons. The number of amides is 2. The van der Waals surface area contributed by atoms with E-state index in [2.05, 4.69) is 10.6 Å². The van der Waals surface area contributed by atoms with E-state index in [1.54, 1.807) is 44.2 Å². The molecule has 8 nitrogen and oxygen atoms in total. The third-order valence-electron chi connectivity index (χ3n) is 4.63. The van der Waals surface area contributed by atoms with Crippen LogP contribution < -0.4 is 15.4 Å². The van der Waals surface area contributed by atoms with Crippen LogP contribution in [0.25, 0.3) is 0 Å². The van der Waals surface area contributed by atoms with E-state index in [1.165, 1.54) is 13.1 Å². The van der Waals surface area contributed by atoms with Gasteiger partial charge in [-0.15, -0.1) is 0 Å². The third-order valence-corrected chi connectivity index (χ3v) is 6.81. The molecule has 0 unspecified atom stereocenters. The summed E-state index contributed by atoms with van der Waals surface area (Å²) in [5.74, 6) is -0.495. The zero-order valence-electron chi connectivity index (χ0n) is 16.7. The average Bonchev–Trinajstić information content (AvgIpc) is 2.66. The van der Waals surface area contributed by atoms with Gasteiger partial charge in [0.05, 0.1) is 17.1 Å². The van der Waals surface area contributed by atoms with Crippen molar-refractivity contribution in [3.63, 3.8) is 0 Å². The molecule has 10 heteroatoms. The first-order valence-electron chi connectivity index (χ1n) is 9.25. The van der Waals surface area contributed by atoms with E-state index < -0.39 is 22.0 Å². The van der Waals surface area contributed by atoms with Crippen LogP contribution in [0.2, 0.25) is 5.02 Å². The van der Waals surface area contributed by atoms with Crippen molar-refractivity contribution < 1.29 is 22.7 Å². The van der Waals surface area contributed by atoms with Crippen LogP contribution in [0, 0.1) is 6.92 Å². The fourth-order valence-electron chi connectivity index (χ4n) is 3.05. The summed E-state index contributed by atoms with van der Waals surface area (Å²) in [6.45, 7) is 3.03. The predicted molar refractivity (Wildman–Crippen MR) is 114 cm³/mol. The van der Waals surface area contributed by atoms with Gasteiger partial charge in [0.25, 0.3) is 5.91 Å². The largest absolute Gasteiger partial charge is 0.478 e. The number of carbonyl (C=O) groups excluding carboxylic acids is 2. The quantitative estimate of drug-likeness (QED) is 0.702. The van der Waals surface area contributed by atoms with Gasteiger partial charge in [-0.3, -0.25) is 9.59 Å². The summed E-state index contributed by atoms with van der Waals surface area (Å²) in [6, 6.07) is 9.50. The van der Waals surface area contributed by atoms with Crippen molar-refractivity contribution in [3.05, 3.63) is 47.0 Å². The Labute approximate surface area is 180 Å². The Morgan fingerprint density at radius 1 is 1.30 bits per heavy atom. The summed E-state index contributed by atoms with van der Waals surface area (Å²) in [5, 5.41) is 5.80. The highest BCUT2D eigenvalue weighted by molar-refractivity contribution is 7.89. The molecule has 1 aliphatic rings. The number of nitrogens with zero attached hydrogens (tertiary/aromatic N) is 1. The second-order valence-electron chi connectivity index (χ2n) is 6.94. The standard InChI is InChI=1S/C20H22ClN3O5S/c1-4-16-20(26)23-15-8-12(2)18(10-17(15)29-16)30(27,28)24(3)11-19(25)22-14-7-5-6-13(21)9-14/h5-10,16H,4,11H2,1-3H3,(H,22,25)(H,23,26)/t16-/m1/s1. The number of sulfonamides is 1. The molecule has 160 valence electrons. The van der Waals surface area contributed by atoms with Crippen molar-refractivity contribution in [1.82, 2.24) is 4.31 Å². The van der Waals surface area contributed by atoms with Crippen molar-refractivity contribution >= 4 is 44.8 Å². The molecular formula is C20H22ClN3O5S.